The minimum atomic E-state index is -0.178. The Labute approximate surface area is 158 Å². The van der Waals surface area contributed by atoms with E-state index >= 15 is 0 Å². The first-order valence-electron chi connectivity index (χ1n) is 9.69. The van der Waals surface area contributed by atoms with Crippen LogP contribution < -0.4 is 14.2 Å². The van der Waals surface area contributed by atoms with E-state index in [1.807, 2.05) is 30.3 Å². The van der Waals surface area contributed by atoms with Crippen LogP contribution >= 0.6 is 0 Å². The fourth-order valence-corrected chi connectivity index (χ4v) is 5.06. The highest BCUT2D eigenvalue weighted by atomic mass is 19.1. The molecule has 0 unspecified atom stereocenters. The van der Waals surface area contributed by atoms with Crippen molar-refractivity contribution >= 4 is 0 Å². The first kappa shape index (κ1) is 16.9. The lowest BCUT2D eigenvalue weighted by Gasteiger charge is -2.43. The number of fused-ring (bicyclic) bond motifs is 3. The van der Waals surface area contributed by atoms with E-state index in [2.05, 4.69) is 11.9 Å². The molecule has 0 radical (unpaired) electrons. The predicted molar refractivity (Wildman–Crippen MR) is 99.9 cm³/mol. The molecule has 0 spiro atoms. The van der Waals surface area contributed by atoms with E-state index < -0.39 is 0 Å². The van der Waals surface area contributed by atoms with Gasteiger partial charge >= 0.3 is 0 Å². The van der Waals surface area contributed by atoms with Crippen LogP contribution in [0.1, 0.15) is 30.7 Å². The zero-order valence-corrected chi connectivity index (χ0v) is 15.4. The van der Waals surface area contributed by atoms with E-state index in [0.29, 0.717) is 30.5 Å². The van der Waals surface area contributed by atoms with Crippen molar-refractivity contribution in [2.24, 2.45) is 5.92 Å². The van der Waals surface area contributed by atoms with Gasteiger partial charge in [-0.05, 0) is 62.1 Å². The third-order valence-corrected chi connectivity index (χ3v) is 6.52. The molecule has 2 fully saturated rings. The van der Waals surface area contributed by atoms with Gasteiger partial charge in [-0.2, -0.15) is 0 Å². The van der Waals surface area contributed by atoms with E-state index in [4.69, 9.17) is 14.2 Å². The Hall–Kier alpha value is -2.27. The summed E-state index contributed by atoms with van der Waals surface area (Å²) in [7, 11) is 2.23. The number of ether oxygens (including phenoxy) is 3. The molecular weight excluding hydrogens is 345 g/mol. The second kappa shape index (κ2) is 6.71. The Morgan fingerprint density at radius 2 is 1.89 bits per heavy atom. The molecule has 3 aliphatic rings. The number of piperidine rings is 1. The van der Waals surface area contributed by atoms with Gasteiger partial charge in [-0.15, -0.1) is 0 Å². The second-order valence-electron chi connectivity index (χ2n) is 7.85. The molecule has 27 heavy (non-hydrogen) atoms. The first-order valence-corrected chi connectivity index (χ1v) is 9.69. The van der Waals surface area contributed by atoms with Crippen molar-refractivity contribution in [1.29, 1.82) is 0 Å². The summed E-state index contributed by atoms with van der Waals surface area (Å²) in [5.74, 6) is 2.91. The summed E-state index contributed by atoms with van der Waals surface area (Å²) < 4.78 is 30.4. The van der Waals surface area contributed by atoms with Gasteiger partial charge in [-0.3, -0.25) is 0 Å². The van der Waals surface area contributed by atoms with Gasteiger partial charge in [0.1, 0.15) is 11.6 Å². The highest BCUT2D eigenvalue weighted by Crippen LogP contribution is 2.46. The minimum Gasteiger partial charge on any atom is -0.493 e. The largest absolute Gasteiger partial charge is 0.493 e. The molecule has 2 aromatic carbocycles. The minimum absolute atomic E-state index is 0.178. The molecule has 5 rings (SSSR count). The standard InChI is InChI=1S/C22H24FNO3/c1-24-16-6-8-20(24)19(18(10-16)14-2-4-15(23)5-3-14)12-25-17-7-9-21-22(11-17)27-13-26-21/h2-5,7,9,11,16,18-20H,6,8,10,12-13H2,1H3/t16-,18+,19+,20+/m0/s1. The molecule has 4 atom stereocenters. The molecule has 0 N–H and O–H groups in total. The topological polar surface area (TPSA) is 30.9 Å². The van der Waals surface area contributed by atoms with Crippen LogP contribution in [0, 0.1) is 11.7 Å². The SMILES string of the molecule is CN1[C@H]2CC[C@@H]1[C@H](COc1ccc3c(c1)OCO3)[C@@H](c1ccc(F)cc1)C2. The maximum absolute atomic E-state index is 13.4. The van der Waals surface area contributed by atoms with Crippen molar-refractivity contribution < 1.29 is 18.6 Å². The summed E-state index contributed by atoms with van der Waals surface area (Å²) in [5, 5.41) is 0. The normalized spacial score (nSPS) is 29.1. The van der Waals surface area contributed by atoms with E-state index in [1.54, 1.807) is 12.1 Å². The van der Waals surface area contributed by atoms with Crippen LogP contribution in [0.4, 0.5) is 4.39 Å². The van der Waals surface area contributed by atoms with Gasteiger partial charge in [0, 0.05) is 24.1 Å². The smallest absolute Gasteiger partial charge is 0.231 e. The van der Waals surface area contributed by atoms with Crippen LogP contribution in [0.5, 0.6) is 17.2 Å². The lowest BCUT2D eigenvalue weighted by molar-refractivity contribution is 0.0665. The Balaban J connectivity index is 1.37. The number of halogens is 1. The summed E-state index contributed by atoms with van der Waals surface area (Å²) in [5.41, 5.74) is 1.22. The summed E-state index contributed by atoms with van der Waals surface area (Å²) in [6, 6.07) is 13.9. The zero-order chi connectivity index (χ0) is 18.4. The summed E-state index contributed by atoms with van der Waals surface area (Å²) >= 11 is 0. The summed E-state index contributed by atoms with van der Waals surface area (Å²) in [4.78, 5) is 2.52. The highest BCUT2D eigenvalue weighted by molar-refractivity contribution is 5.46. The maximum atomic E-state index is 13.4. The second-order valence-corrected chi connectivity index (χ2v) is 7.85. The summed E-state index contributed by atoms with van der Waals surface area (Å²) in [6.07, 6.45) is 3.54. The molecule has 2 bridgehead atoms. The fourth-order valence-electron chi connectivity index (χ4n) is 5.06. The van der Waals surface area contributed by atoms with Crippen molar-refractivity contribution in [3.63, 3.8) is 0 Å². The van der Waals surface area contributed by atoms with E-state index in [9.17, 15) is 4.39 Å². The van der Waals surface area contributed by atoms with Crippen LogP contribution in [0.3, 0.4) is 0 Å². The number of hydrogen-bond donors (Lipinski definition) is 0. The van der Waals surface area contributed by atoms with Crippen molar-refractivity contribution in [3.05, 3.63) is 53.8 Å². The number of benzene rings is 2. The predicted octanol–water partition coefficient (Wildman–Crippen LogP) is 4.20. The number of nitrogens with zero attached hydrogens (tertiary/aromatic N) is 1. The molecule has 2 aromatic rings. The average molecular weight is 369 g/mol. The monoisotopic (exact) mass is 369 g/mol. The Morgan fingerprint density at radius 3 is 2.74 bits per heavy atom. The number of rotatable bonds is 4. The zero-order valence-electron chi connectivity index (χ0n) is 15.4. The van der Waals surface area contributed by atoms with Crippen LogP contribution in [-0.4, -0.2) is 37.4 Å². The van der Waals surface area contributed by atoms with E-state index in [1.165, 1.54) is 18.4 Å². The lowest BCUT2D eigenvalue weighted by atomic mass is 9.76. The molecule has 3 heterocycles. The molecule has 4 nitrogen and oxygen atoms in total. The van der Waals surface area contributed by atoms with Crippen molar-refractivity contribution in [2.45, 2.75) is 37.3 Å². The van der Waals surface area contributed by atoms with Crippen molar-refractivity contribution in [2.75, 3.05) is 20.4 Å². The molecule has 0 aromatic heterocycles. The van der Waals surface area contributed by atoms with Crippen LogP contribution in [-0.2, 0) is 0 Å². The summed E-state index contributed by atoms with van der Waals surface area (Å²) in [6.45, 7) is 0.908. The Kier molecular flexibility index (Phi) is 4.20. The molecule has 2 saturated heterocycles. The average Bonchev–Trinajstić information content (AvgIpc) is 3.23. The van der Waals surface area contributed by atoms with Crippen molar-refractivity contribution in [3.8, 4) is 17.2 Å². The first-order chi connectivity index (χ1) is 13.2. The quantitative estimate of drug-likeness (QED) is 0.808. The Morgan fingerprint density at radius 1 is 1.07 bits per heavy atom. The molecule has 3 aliphatic heterocycles. The molecule has 142 valence electrons. The fraction of sp³-hybridized carbons (Fsp3) is 0.455. The van der Waals surface area contributed by atoms with Gasteiger partial charge in [0.2, 0.25) is 6.79 Å². The van der Waals surface area contributed by atoms with Gasteiger partial charge in [-0.25, -0.2) is 4.39 Å². The van der Waals surface area contributed by atoms with Crippen LogP contribution in [0.25, 0.3) is 0 Å². The lowest BCUT2D eigenvalue weighted by Crippen LogP contribution is -2.47. The van der Waals surface area contributed by atoms with Gasteiger partial charge < -0.3 is 19.1 Å². The van der Waals surface area contributed by atoms with Gasteiger partial charge in [0.25, 0.3) is 0 Å². The van der Waals surface area contributed by atoms with E-state index in [-0.39, 0.29) is 12.6 Å². The van der Waals surface area contributed by atoms with Crippen LogP contribution in [0.2, 0.25) is 0 Å². The van der Waals surface area contributed by atoms with Crippen molar-refractivity contribution in [1.82, 2.24) is 4.90 Å². The van der Waals surface area contributed by atoms with Gasteiger partial charge in [0.15, 0.2) is 11.5 Å². The molecule has 0 amide bonds. The third kappa shape index (κ3) is 3.04. The number of hydrogen-bond acceptors (Lipinski definition) is 4. The molecule has 0 aliphatic carbocycles. The molecular formula is C22H24FNO3. The van der Waals surface area contributed by atoms with Crippen LogP contribution in [0.15, 0.2) is 42.5 Å². The highest BCUT2D eigenvalue weighted by Gasteiger charge is 2.46. The van der Waals surface area contributed by atoms with E-state index in [0.717, 1.165) is 23.7 Å². The Bertz CT molecular complexity index is 825. The molecule has 5 heteroatoms. The van der Waals surface area contributed by atoms with Gasteiger partial charge in [0.05, 0.1) is 6.61 Å². The third-order valence-electron chi connectivity index (χ3n) is 6.52. The van der Waals surface area contributed by atoms with Gasteiger partial charge in [-0.1, -0.05) is 12.1 Å². The maximum Gasteiger partial charge on any atom is 0.231 e. The molecule has 0 saturated carbocycles.